The van der Waals surface area contributed by atoms with Gasteiger partial charge in [0.15, 0.2) is 0 Å². The lowest BCUT2D eigenvalue weighted by Crippen LogP contribution is -2.46. The minimum absolute atomic E-state index is 0.0467. The summed E-state index contributed by atoms with van der Waals surface area (Å²) >= 11 is 0. The fourth-order valence-corrected chi connectivity index (χ4v) is 3.62. The molecule has 31 heavy (non-hydrogen) atoms. The summed E-state index contributed by atoms with van der Waals surface area (Å²) in [6, 6.07) is 14.1. The first kappa shape index (κ1) is 24.6. The molecule has 0 bridgehead atoms. The summed E-state index contributed by atoms with van der Waals surface area (Å²) in [5.41, 5.74) is 5.26. The monoisotopic (exact) mass is 423 g/mol. The Bertz CT molecular complexity index is 868. The van der Waals surface area contributed by atoms with Crippen molar-refractivity contribution in [3.05, 3.63) is 64.7 Å². The van der Waals surface area contributed by atoms with E-state index in [9.17, 15) is 9.59 Å². The Morgan fingerprint density at radius 2 is 1.39 bits per heavy atom. The van der Waals surface area contributed by atoms with Crippen LogP contribution in [0.4, 0.5) is 5.69 Å². The molecule has 5 heteroatoms. The minimum atomic E-state index is -0.426. The standard InChI is InChI=1S/C26H37N3O2/c1-16(2)21-11-13-22(14-12-21)24(17(3)4)28-20(7)26(31)27-15-23(30)29-25-18(5)9-8-10-19(25)6/h8-14,16-17,20,24,28H,15H2,1-7H3,(H,27,31)(H,29,30)/t20-,24-/m0/s1. The minimum Gasteiger partial charge on any atom is -0.346 e. The first-order chi connectivity index (χ1) is 14.6. The summed E-state index contributed by atoms with van der Waals surface area (Å²) < 4.78 is 0. The highest BCUT2D eigenvalue weighted by Gasteiger charge is 2.22. The zero-order valence-corrected chi connectivity index (χ0v) is 19.9. The molecule has 2 atom stereocenters. The van der Waals surface area contributed by atoms with Crippen LogP contribution in [0.25, 0.3) is 0 Å². The van der Waals surface area contributed by atoms with E-state index in [1.54, 1.807) is 0 Å². The number of benzene rings is 2. The van der Waals surface area contributed by atoms with E-state index in [0.717, 1.165) is 22.4 Å². The molecule has 0 saturated carbocycles. The second-order valence-electron chi connectivity index (χ2n) is 8.96. The fraction of sp³-hybridized carbons (Fsp3) is 0.462. The van der Waals surface area contributed by atoms with Crippen LogP contribution in [0, 0.1) is 19.8 Å². The van der Waals surface area contributed by atoms with E-state index in [1.165, 1.54) is 5.56 Å². The van der Waals surface area contributed by atoms with Crippen LogP contribution < -0.4 is 16.0 Å². The summed E-state index contributed by atoms with van der Waals surface area (Å²) in [5, 5.41) is 9.07. The maximum atomic E-state index is 12.6. The van der Waals surface area contributed by atoms with E-state index in [4.69, 9.17) is 0 Å². The molecule has 0 saturated heterocycles. The average Bonchev–Trinajstić information content (AvgIpc) is 2.72. The first-order valence-corrected chi connectivity index (χ1v) is 11.1. The van der Waals surface area contributed by atoms with Gasteiger partial charge in [-0.3, -0.25) is 14.9 Å². The van der Waals surface area contributed by atoms with Crippen molar-refractivity contribution in [2.75, 3.05) is 11.9 Å². The van der Waals surface area contributed by atoms with Crippen molar-refractivity contribution < 1.29 is 9.59 Å². The molecule has 0 aliphatic carbocycles. The van der Waals surface area contributed by atoms with Gasteiger partial charge < -0.3 is 10.6 Å². The van der Waals surface area contributed by atoms with Gasteiger partial charge in [0.1, 0.15) is 0 Å². The van der Waals surface area contributed by atoms with Crippen LogP contribution in [-0.2, 0) is 9.59 Å². The number of amides is 2. The van der Waals surface area contributed by atoms with Crippen molar-refractivity contribution in [2.24, 2.45) is 5.92 Å². The molecule has 2 aromatic carbocycles. The smallest absolute Gasteiger partial charge is 0.243 e. The number of para-hydroxylation sites is 1. The maximum absolute atomic E-state index is 12.6. The van der Waals surface area contributed by atoms with Crippen LogP contribution in [0.1, 0.15) is 68.8 Å². The quantitative estimate of drug-likeness (QED) is 0.540. The number of aryl methyl sites for hydroxylation is 2. The van der Waals surface area contributed by atoms with Gasteiger partial charge >= 0.3 is 0 Å². The van der Waals surface area contributed by atoms with Gasteiger partial charge in [0.2, 0.25) is 11.8 Å². The lowest BCUT2D eigenvalue weighted by Gasteiger charge is -2.27. The fourth-order valence-electron chi connectivity index (χ4n) is 3.62. The second-order valence-corrected chi connectivity index (χ2v) is 8.96. The number of anilines is 1. The Morgan fingerprint density at radius 3 is 1.90 bits per heavy atom. The molecule has 0 radical (unpaired) electrons. The first-order valence-electron chi connectivity index (χ1n) is 11.1. The van der Waals surface area contributed by atoms with Crippen molar-refractivity contribution in [3.8, 4) is 0 Å². The molecular formula is C26H37N3O2. The Kier molecular flexibility index (Phi) is 8.81. The molecule has 2 aromatic rings. The Balaban J connectivity index is 1.94. The van der Waals surface area contributed by atoms with Gasteiger partial charge in [0, 0.05) is 11.7 Å². The third kappa shape index (κ3) is 6.93. The van der Waals surface area contributed by atoms with Gasteiger partial charge in [0.05, 0.1) is 12.6 Å². The molecule has 0 unspecified atom stereocenters. The number of nitrogens with one attached hydrogen (secondary N) is 3. The summed E-state index contributed by atoms with van der Waals surface area (Å²) in [7, 11) is 0. The SMILES string of the molecule is Cc1cccc(C)c1NC(=O)CNC(=O)[C@H](C)N[C@H](c1ccc(C(C)C)cc1)C(C)C. The predicted molar refractivity (Wildman–Crippen MR) is 128 cm³/mol. The van der Waals surface area contributed by atoms with E-state index >= 15 is 0 Å². The average molecular weight is 424 g/mol. The van der Waals surface area contributed by atoms with Crippen molar-refractivity contribution in [1.29, 1.82) is 0 Å². The van der Waals surface area contributed by atoms with E-state index < -0.39 is 6.04 Å². The summed E-state index contributed by atoms with van der Waals surface area (Å²) in [4.78, 5) is 24.9. The molecule has 5 nitrogen and oxygen atoms in total. The largest absolute Gasteiger partial charge is 0.346 e. The van der Waals surface area contributed by atoms with Crippen LogP contribution in [-0.4, -0.2) is 24.4 Å². The Morgan fingerprint density at radius 1 is 0.839 bits per heavy atom. The zero-order valence-electron chi connectivity index (χ0n) is 19.9. The highest BCUT2D eigenvalue weighted by atomic mass is 16.2. The van der Waals surface area contributed by atoms with Gasteiger partial charge in [-0.25, -0.2) is 0 Å². The van der Waals surface area contributed by atoms with Crippen LogP contribution in [0.5, 0.6) is 0 Å². The molecule has 3 N–H and O–H groups in total. The topological polar surface area (TPSA) is 70.2 Å². The highest BCUT2D eigenvalue weighted by molar-refractivity contribution is 5.96. The van der Waals surface area contributed by atoms with E-state index in [-0.39, 0.29) is 24.4 Å². The van der Waals surface area contributed by atoms with E-state index in [0.29, 0.717) is 11.8 Å². The number of carbonyl (C=O) groups excluding carboxylic acids is 2. The number of hydrogen-bond donors (Lipinski definition) is 3. The van der Waals surface area contributed by atoms with Crippen molar-refractivity contribution in [1.82, 2.24) is 10.6 Å². The number of carbonyl (C=O) groups is 2. The Hall–Kier alpha value is -2.66. The lowest BCUT2D eigenvalue weighted by atomic mass is 9.93. The molecule has 2 rings (SSSR count). The van der Waals surface area contributed by atoms with E-state index in [1.807, 2.05) is 39.0 Å². The molecule has 0 aliphatic rings. The zero-order chi connectivity index (χ0) is 23.1. The molecule has 2 amide bonds. The summed E-state index contributed by atoms with van der Waals surface area (Å²) in [6.07, 6.45) is 0. The molecule has 0 heterocycles. The van der Waals surface area contributed by atoms with Crippen LogP contribution in [0.15, 0.2) is 42.5 Å². The van der Waals surface area contributed by atoms with Crippen LogP contribution in [0.2, 0.25) is 0 Å². The Labute approximate surface area is 187 Å². The molecule has 0 aliphatic heterocycles. The maximum Gasteiger partial charge on any atom is 0.243 e. The van der Waals surface area contributed by atoms with Crippen LogP contribution >= 0.6 is 0 Å². The molecule has 0 spiro atoms. The summed E-state index contributed by atoms with van der Waals surface area (Å²) in [6.45, 7) is 14.3. The van der Waals surface area contributed by atoms with Gasteiger partial charge in [-0.05, 0) is 54.9 Å². The lowest BCUT2D eigenvalue weighted by molar-refractivity contribution is -0.125. The second kappa shape index (κ2) is 11.1. The molecule has 0 fully saturated rings. The summed E-state index contributed by atoms with van der Waals surface area (Å²) in [5.74, 6) is 0.370. The molecular weight excluding hydrogens is 386 g/mol. The highest BCUT2D eigenvalue weighted by Crippen LogP contribution is 2.24. The van der Waals surface area contributed by atoms with Crippen molar-refractivity contribution in [3.63, 3.8) is 0 Å². The molecule has 168 valence electrons. The number of rotatable bonds is 9. The molecule has 0 aromatic heterocycles. The van der Waals surface area contributed by atoms with Gasteiger partial charge in [-0.1, -0.05) is 70.2 Å². The van der Waals surface area contributed by atoms with Gasteiger partial charge in [0.25, 0.3) is 0 Å². The third-order valence-corrected chi connectivity index (χ3v) is 5.62. The predicted octanol–water partition coefficient (Wildman–Crippen LogP) is 4.86. The normalized spacial score (nSPS) is 13.2. The van der Waals surface area contributed by atoms with Crippen molar-refractivity contribution >= 4 is 17.5 Å². The van der Waals surface area contributed by atoms with E-state index in [2.05, 4.69) is 67.9 Å². The van der Waals surface area contributed by atoms with Gasteiger partial charge in [-0.15, -0.1) is 0 Å². The van der Waals surface area contributed by atoms with Crippen molar-refractivity contribution in [2.45, 2.75) is 66.5 Å². The van der Waals surface area contributed by atoms with Crippen LogP contribution in [0.3, 0.4) is 0 Å². The third-order valence-electron chi connectivity index (χ3n) is 5.62. The number of hydrogen-bond acceptors (Lipinski definition) is 3. The van der Waals surface area contributed by atoms with Gasteiger partial charge in [-0.2, -0.15) is 0 Å².